The molecule has 2 aromatic rings. The van der Waals surface area contributed by atoms with Gasteiger partial charge in [-0.05, 0) is 31.2 Å². The average Bonchev–Trinajstić information content (AvgIpc) is 2.72. The molecule has 1 aromatic heterocycles. The minimum absolute atomic E-state index is 0.0423. The summed E-state index contributed by atoms with van der Waals surface area (Å²) in [6.07, 6.45) is -3.81. The first-order valence-electron chi connectivity index (χ1n) is 9.25. The molecule has 0 N–H and O–H groups in total. The number of hydrogen-bond acceptors (Lipinski definition) is 5. The Morgan fingerprint density at radius 2 is 1.84 bits per heavy atom. The largest absolute Gasteiger partial charge is 0.483 e. The molecule has 0 bridgehead atoms. The number of hydrogen-bond donors (Lipinski definition) is 0. The van der Waals surface area contributed by atoms with Gasteiger partial charge in [0.2, 0.25) is 0 Å². The Bertz CT molecular complexity index is 992. The summed E-state index contributed by atoms with van der Waals surface area (Å²) in [4.78, 5) is 31.1. The fourth-order valence-electron chi connectivity index (χ4n) is 3.12. The van der Waals surface area contributed by atoms with Crippen LogP contribution in [0.3, 0.4) is 0 Å². The zero-order valence-corrected chi connectivity index (χ0v) is 17.1. The summed E-state index contributed by atoms with van der Waals surface area (Å²) in [5.41, 5.74) is -0.890. The number of Topliss-reactive ketones (excluding diaryl/α,β-unsaturated/α-hetero) is 1. The first-order valence-corrected chi connectivity index (χ1v) is 9.63. The fourth-order valence-corrected chi connectivity index (χ4v) is 3.41. The van der Waals surface area contributed by atoms with Gasteiger partial charge in [0.15, 0.2) is 12.4 Å². The molecule has 2 heterocycles. The van der Waals surface area contributed by atoms with Gasteiger partial charge in [0.1, 0.15) is 17.4 Å². The molecule has 1 fully saturated rings. The number of alkyl halides is 3. The van der Waals surface area contributed by atoms with Crippen molar-refractivity contribution in [1.29, 1.82) is 0 Å². The van der Waals surface area contributed by atoms with Gasteiger partial charge in [0, 0.05) is 32.4 Å². The van der Waals surface area contributed by atoms with Crippen LogP contribution in [0.1, 0.15) is 22.8 Å². The molecule has 166 valence electrons. The van der Waals surface area contributed by atoms with Gasteiger partial charge in [0.25, 0.3) is 5.91 Å². The standard InChI is InChI=1S/C20H18ClF4N3O3/c1-12(29)15-9-14(22)2-3-17(15)31-11-18(30)27-4-6-28(7-5-27)19-16(21)8-13(10-26-19)20(23,24)25/h2-3,8-10H,4-7,11H2,1H3. The van der Waals surface area contributed by atoms with E-state index in [1.165, 1.54) is 17.9 Å². The molecule has 31 heavy (non-hydrogen) atoms. The van der Waals surface area contributed by atoms with Crippen molar-refractivity contribution in [3.05, 3.63) is 52.4 Å². The second-order valence-corrected chi connectivity index (χ2v) is 7.29. The Morgan fingerprint density at radius 3 is 2.42 bits per heavy atom. The predicted octanol–water partition coefficient (Wildman–Crippen LogP) is 3.82. The molecule has 1 aromatic carbocycles. The van der Waals surface area contributed by atoms with Gasteiger partial charge >= 0.3 is 6.18 Å². The lowest BCUT2D eigenvalue weighted by atomic mass is 10.1. The van der Waals surface area contributed by atoms with Crippen molar-refractivity contribution in [3.63, 3.8) is 0 Å². The van der Waals surface area contributed by atoms with E-state index >= 15 is 0 Å². The average molecular weight is 460 g/mol. The lowest BCUT2D eigenvalue weighted by molar-refractivity contribution is -0.138. The van der Waals surface area contributed by atoms with Crippen LogP contribution in [0.4, 0.5) is 23.4 Å². The van der Waals surface area contributed by atoms with Gasteiger partial charge < -0.3 is 14.5 Å². The minimum atomic E-state index is -4.53. The number of aromatic nitrogens is 1. The summed E-state index contributed by atoms with van der Waals surface area (Å²) in [6, 6.07) is 4.29. The van der Waals surface area contributed by atoms with Gasteiger partial charge in [0.05, 0.1) is 16.1 Å². The Balaban J connectivity index is 1.58. The molecule has 0 aliphatic carbocycles. The van der Waals surface area contributed by atoms with Crippen molar-refractivity contribution in [2.75, 3.05) is 37.7 Å². The van der Waals surface area contributed by atoms with E-state index in [0.29, 0.717) is 13.1 Å². The number of carbonyl (C=O) groups excluding carboxylic acids is 2. The minimum Gasteiger partial charge on any atom is -0.483 e. The van der Waals surface area contributed by atoms with Gasteiger partial charge in [-0.25, -0.2) is 9.37 Å². The predicted molar refractivity (Wildman–Crippen MR) is 105 cm³/mol. The van der Waals surface area contributed by atoms with E-state index in [2.05, 4.69) is 4.98 Å². The monoisotopic (exact) mass is 459 g/mol. The third-order valence-electron chi connectivity index (χ3n) is 4.75. The van der Waals surface area contributed by atoms with E-state index in [1.807, 2.05) is 0 Å². The Labute approximate surface area is 180 Å². The molecular weight excluding hydrogens is 442 g/mol. The number of ether oxygens (including phenoxy) is 1. The summed E-state index contributed by atoms with van der Waals surface area (Å²) in [6.45, 7) is 2.13. The van der Waals surface area contributed by atoms with E-state index in [0.717, 1.165) is 24.4 Å². The maximum absolute atomic E-state index is 13.3. The fraction of sp³-hybridized carbons (Fsp3) is 0.350. The lowest BCUT2D eigenvalue weighted by Crippen LogP contribution is -2.50. The van der Waals surface area contributed by atoms with Gasteiger partial charge in [-0.1, -0.05) is 11.6 Å². The molecule has 0 radical (unpaired) electrons. The van der Waals surface area contributed by atoms with Crippen molar-refractivity contribution in [2.45, 2.75) is 13.1 Å². The highest BCUT2D eigenvalue weighted by Crippen LogP contribution is 2.33. The molecule has 6 nitrogen and oxygen atoms in total. The molecule has 11 heteroatoms. The van der Waals surface area contributed by atoms with Crippen LogP contribution in [0.5, 0.6) is 5.75 Å². The van der Waals surface area contributed by atoms with Crippen molar-refractivity contribution >= 4 is 29.1 Å². The number of amides is 1. The summed E-state index contributed by atoms with van der Waals surface area (Å²) in [5, 5.41) is -0.119. The second-order valence-electron chi connectivity index (χ2n) is 6.88. The highest BCUT2D eigenvalue weighted by molar-refractivity contribution is 6.33. The molecule has 0 unspecified atom stereocenters. The normalized spacial score (nSPS) is 14.5. The van der Waals surface area contributed by atoms with Crippen LogP contribution in [-0.2, 0) is 11.0 Å². The number of ketones is 1. The van der Waals surface area contributed by atoms with Crippen LogP contribution in [0.15, 0.2) is 30.5 Å². The first kappa shape index (κ1) is 22.8. The lowest BCUT2D eigenvalue weighted by Gasteiger charge is -2.35. The molecular formula is C20H18ClF4N3O3. The number of carbonyl (C=O) groups is 2. The van der Waals surface area contributed by atoms with Crippen molar-refractivity contribution in [2.24, 2.45) is 0 Å². The van der Waals surface area contributed by atoms with Crippen LogP contribution in [0.2, 0.25) is 5.02 Å². The molecule has 1 aliphatic rings. The van der Waals surface area contributed by atoms with Crippen molar-refractivity contribution in [1.82, 2.24) is 9.88 Å². The second kappa shape index (κ2) is 9.09. The smallest absolute Gasteiger partial charge is 0.417 e. The summed E-state index contributed by atoms with van der Waals surface area (Å²) in [7, 11) is 0. The number of benzene rings is 1. The van der Waals surface area contributed by atoms with Crippen LogP contribution in [0.25, 0.3) is 0 Å². The molecule has 1 saturated heterocycles. The van der Waals surface area contributed by atoms with Gasteiger partial charge in [-0.3, -0.25) is 9.59 Å². The highest BCUT2D eigenvalue weighted by atomic mass is 35.5. The van der Waals surface area contributed by atoms with Crippen molar-refractivity contribution in [3.8, 4) is 5.75 Å². The quantitative estimate of drug-likeness (QED) is 0.502. The van der Waals surface area contributed by atoms with Crippen LogP contribution in [0, 0.1) is 5.82 Å². The van der Waals surface area contributed by atoms with E-state index in [9.17, 15) is 27.2 Å². The number of nitrogens with zero attached hydrogens (tertiary/aromatic N) is 3. The molecule has 0 atom stereocenters. The number of anilines is 1. The summed E-state index contributed by atoms with van der Waals surface area (Å²) in [5.74, 6) is -0.992. The number of pyridine rings is 1. The summed E-state index contributed by atoms with van der Waals surface area (Å²) >= 11 is 5.98. The maximum Gasteiger partial charge on any atom is 0.417 e. The van der Waals surface area contributed by atoms with E-state index in [1.54, 1.807) is 4.90 Å². The van der Waals surface area contributed by atoms with Crippen LogP contribution < -0.4 is 9.64 Å². The first-order chi connectivity index (χ1) is 14.6. The van der Waals surface area contributed by atoms with Crippen molar-refractivity contribution < 1.29 is 31.9 Å². The maximum atomic E-state index is 13.3. The van der Waals surface area contributed by atoms with E-state index in [-0.39, 0.29) is 47.8 Å². The van der Waals surface area contributed by atoms with Crippen LogP contribution >= 0.6 is 11.6 Å². The SMILES string of the molecule is CC(=O)c1cc(F)ccc1OCC(=O)N1CCN(c2ncc(C(F)(F)F)cc2Cl)CC1. The summed E-state index contributed by atoms with van der Waals surface area (Å²) < 4.78 is 57.0. The van der Waals surface area contributed by atoms with E-state index in [4.69, 9.17) is 16.3 Å². The molecule has 0 spiro atoms. The number of halogens is 5. The molecule has 3 rings (SSSR count). The molecule has 1 amide bonds. The highest BCUT2D eigenvalue weighted by Gasteiger charge is 2.32. The molecule has 1 aliphatic heterocycles. The number of piperazine rings is 1. The Hall–Kier alpha value is -2.88. The molecule has 0 saturated carbocycles. The topological polar surface area (TPSA) is 62.7 Å². The Kier molecular flexibility index (Phi) is 6.68. The zero-order chi connectivity index (χ0) is 22.8. The van der Waals surface area contributed by atoms with Crippen LogP contribution in [-0.4, -0.2) is 54.4 Å². The van der Waals surface area contributed by atoms with Gasteiger partial charge in [-0.15, -0.1) is 0 Å². The van der Waals surface area contributed by atoms with E-state index < -0.39 is 23.3 Å². The third-order valence-corrected chi connectivity index (χ3v) is 5.03. The number of rotatable bonds is 5. The van der Waals surface area contributed by atoms with Gasteiger partial charge in [-0.2, -0.15) is 13.2 Å². The zero-order valence-electron chi connectivity index (χ0n) is 16.4. The third kappa shape index (κ3) is 5.43. The Morgan fingerprint density at radius 1 is 1.16 bits per heavy atom.